The van der Waals surface area contributed by atoms with Crippen molar-refractivity contribution in [2.75, 3.05) is 0 Å². The predicted octanol–water partition coefficient (Wildman–Crippen LogP) is 2.16. The molecular formula is C7H2BrClN2O4S. The first-order valence-corrected chi connectivity index (χ1v) is 6.70. The highest BCUT2D eigenvalue weighted by Crippen LogP contribution is 2.31. The van der Waals surface area contributed by atoms with Gasteiger partial charge in [-0.1, -0.05) is 15.9 Å². The standard InChI is InChI=1S/C7H2BrClN2O4S/c8-4-1-6(11(12)13)5(3-10)7(2-4)16(9,14)15/h1-2H. The molecule has 0 amide bonds. The molecule has 0 spiro atoms. The quantitative estimate of drug-likeness (QED) is 0.471. The molecule has 0 aliphatic rings. The Morgan fingerprint density at radius 3 is 2.44 bits per heavy atom. The molecule has 0 bridgehead atoms. The first-order chi connectivity index (χ1) is 7.27. The van der Waals surface area contributed by atoms with Crippen LogP contribution in [0.5, 0.6) is 0 Å². The summed E-state index contributed by atoms with van der Waals surface area (Å²) in [5, 5.41) is 19.3. The number of hydrogen-bond acceptors (Lipinski definition) is 5. The second-order valence-electron chi connectivity index (χ2n) is 2.60. The van der Waals surface area contributed by atoms with E-state index in [1.54, 1.807) is 0 Å². The Labute approximate surface area is 103 Å². The average Bonchev–Trinajstić information content (AvgIpc) is 2.14. The van der Waals surface area contributed by atoms with E-state index in [4.69, 9.17) is 15.9 Å². The molecule has 1 rings (SSSR count). The van der Waals surface area contributed by atoms with Crippen LogP contribution in [0, 0.1) is 21.4 Å². The van der Waals surface area contributed by atoms with Gasteiger partial charge in [0.25, 0.3) is 14.7 Å². The maximum absolute atomic E-state index is 11.1. The third-order valence-electron chi connectivity index (χ3n) is 1.62. The monoisotopic (exact) mass is 324 g/mol. The summed E-state index contributed by atoms with van der Waals surface area (Å²) < 4.78 is 22.4. The molecule has 0 fully saturated rings. The van der Waals surface area contributed by atoms with Crippen molar-refractivity contribution in [2.45, 2.75) is 4.90 Å². The van der Waals surface area contributed by atoms with Gasteiger partial charge in [-0.15, -0.1) is 0 Å². The van der Waals surface area contributed by atoms with Gasteiger partial charge in [0.15, 0.2) is 0 Å². The van der Waals surface area contributed by atoms with Crippen LogP contribution in [0.25, 0.3) is 0 Å². The third kappa shape index (κ3) is 2.49. The number of rotatable bonds is 2. The molecule has 0 aliphatic carbocycles. The molecule has 0 saturated heterocycles. The highest BCUT2D eigenvalue weighted by Gasteiger charge is 2.25. The summed E-state index contributed by atoms with van der Waals surface area (Å²) in [6.07, 6.45) is 0. The van der Waals surface area contributed by atoms with E-state index >= 15 is 0 Å². The molecule has 0 aliphatic heterocycles. The molecule has 0 unspecified atom stereocenters. The molecule has 16 heavy (non-hydrogen) atoms. The van der Waals surface area contributed by atoms with Crippen LogP contribution < -0.4 is 0 Å². The number of hydrogen-bond donors (Lipinski definition) is 0. The lowest BCUT2D eigenvalue weighted by molar-refractivity contribution is -0.385. The molecule has 0 heterocycles. The fraction of sp³-hybridized carbons (Fsp3) is 0. The summed E-state index contributed by atoms with van der Waals surface area (Å²) in [4.78, 5) is 9.17. The summed E-state index contributed by atoms with van der Waals surface area (Å²) in [5.41, 5.74) is -1.20. The van der Waals surface area contributed by atoms with Crippen molar-refractivity contribution >= 4 is 41.4 Å². The number of halogens is 2. The van der Waals surface area contributed by atoms with Gasteiger partial charge in [-0.05, 0) is 6.07 Å². The zero-order valence-electron chi connectivity index (χ0n) is 7.35. The Hall–Kier alpha value is -1.17. The van der Waals surface area contributed by atoms with Crippen molar-refractivity contribution in [2.24, 2.45) is 0 Å². The van der Waals surface area contributed by atoms with Gasteiger partial charge in [-0.25, -0.2) is 8.42 Å². The summed E-state index contributed by atoms with van der Waals surface area (Å²) in [6.45, 7) is 0. The molecular weight excluding hydrogens is 324 g/mol. The Bertz CT molecular complexity index is 608. The van der Waals surface area contributed by atoms with Gasteiger partial charge in [-0.3, -0.25) is 10.1 Å². The summed E-state index contributed by atoms with van der Waals surface area (Å²) >= 11 is 2.90. The largest absolute Gasteiger partial charge is 0.289 e. The maximum Gasteiger partial charge on any atom is 0.289 e. The minimum Gasteiger partial charge on any atom is -0.258 e. The van der Waals surface area contributed by atoms with Gasteiger partial charge >= 0.3 is 0 Å². The van der Waals surface area contributed by atoms with Crippen LogP contribution in [-0.2, 0) is 9.05 Å². The van der Waals surface area contributed by atoms with E-state index in [0.29, 0.717) is 0 Å². The van der Waals surface area contributed by atoms with Gasteiger partial charge in [0, 0.05) is 21.2 Å². The van der Waals surface area contributed by atoms with E-state index < -0.39 is 30.1 Å². The fourth-order valence-electron chi connectivity index (χ4n) is 1.02. The van der Waals surface area contributed by atoms with Crippen molar-refractivity contribution in [3.05, 3.63) is 32.3 Å². The second kappa shape index (κ2) is 4.37. The lowest BCUT2D eigenvalue weighted by atomic mass is 10.2. The number of nitriles is 1. The molecule has 0 saturated carbocycles. The van der Waals surface area contributed by atoms with Crippen molar-refractivity contribution in [3.8, 4) is 6.07 Å². The predicted molar refractivity (Wildman–Crippen MR) is 58.6 cm³/mol. The van der Waals surface area contributed by atoms with E-state index in [-0.39, 0.29) is 4.47 Å². The summed E-state index contributed by atoms with van der Waals surface area (Å²) in [7, 11) is 0.860. The molecule has 0 radical (unpaired) electrons. The van der Waals surface area contributed by atoms with Crippen LogP contribution in [0.15, 0.2) is 21.5 Å². The normalized spacial score (nSPS) is 10.8. The first kappa shape index (κ1) is 12.9. The van der Waals surface area contributed by atoms with Gasteiger partial charge < -0.3 is 0 Å². The number of benzene rings is 1. The third-order valence-corrected chi connectivity index (χ3v) is 3.42. The first-order valence-electron chi connectivity index (χ1n) is 3.60. The maximum atomic E-state index is 11.1. The highest BCUT2D eigenvalue weighted by molar-refractivity contribution is 9.10. The number of nitro groups is 1. The van der Waals surface area contributed by atoms with E-state index in [1.165, 1.54) is 6.07 Å². The van der Waals surface area contributed by atoms with Crippen molar-refractivity contribution in [3.63, 3.8) is 0 Å². The van der Waals surface area contributed by atoms with Crippen molar-refractivity contribution < 1.29 is 13.3 Å². The Morgan fingerprint density at radius 2 is 2.06 bits per heavy atom. The zero-order valence-corrected chi connectivity index (χ0v) is 10.5. The van der Waals surface area contributed by atoms with Crippen LogP contribution >= 0.6 is 26.6 Å². The van der Waals surface area contributed by atoms with E-state index in [2.05, 4.69) is 15.9 Å². The summed E-state index contributed by atoms with van der Waals surface area (Å²) in [6, 6.07) is 3.52. The van der Waals surface area contributed by atoms with Crippen LogP contribution in [0.1, 0.15) is 5.56 Å². The van der Waals surface area contributed by atoms with Crippen LogP contribution in [0.3, 0.4) is 0 Å². The highest BCUT2D eigenvalue weighted by atomic mass is 79.9. The number of nitro benzene ring substituents is 1. The van der Waals surface area contributed by atoms with Gasteiger partial charge in [0.2, 0.25) is 0 Å². The molecule has 1 aromatic carbocycles. The summed E-state index contributed by atoms with van der Waals surface area (Å²) in [5.74, 6) is 0. The van der Waals surface area contributed by atoms with Gasteiger partial charge in [0.05, 0.1) is 4.92 Å². The number of nitrogens with zero attached hydrogens (tertiary/aromatic N) is 2. The van der Waals surface area contributed by atoms with Crippen LogP contribution in [0.4, 0.5) is 5.69 Å². The lowest BCUT2D eigenvalue weighted by Crippen LogP contribution is -2.00. The molecule has 0 N–H and O–H groups in total. The molecule has 84 valence electrons. The Morgan fingerprint density at radius 1 is 1.50 bits per heavy atom. The molecule has 1 aromatic rings. The SMILES string of the molecule is N#Cc1c([N+](=O)[O-])cc(Br)cc1S(=O)(=O)Cl. The van der Waals surface area contributed by atoms with E-state index in [1.807, 2.05) is 0 Å². The second-order valence-corrected chi connectivity index (χ2v) is 6.05. The van der Waals surface area contributed by atoms with Crippen molar-refractivity contribution in [1.82, 2.24) is 0 Å². The minimum atomic E-state index is -4.21. The smallest absolute Gasteiger partial charge is 0.258 e. The van der Waals surface area contributed by atoms with Gasteiger partial charge in [0.1, 0.15) is 16.5 Å². The van der Waals surface area contributed by atoms with Crippen LogP contribution in [-0.4, -0.2) is 13.3 Å². The Kier molecular flexibility index (Phi) is 3.52. The molecule has 6 nitrogen and oxygen atoms in total. The van der Waals surface area contributed by atoms with Gasteiger partial charge in [-0.2, -0.15) is 5.26 Å². The molecule has 9 heteroatoms. The fourth-order valence-corrected chi connectivity index (χ4v) is 2.64. The zero-order chi connectivity index (χ0) is 12.5. The van der Waals surface area contributed by atoms with Crippen molar-refractivity contribution in [1.29, 1.82) is 5.26 Å². The minimum absolute atomic E-state index is 0.150. The van der Waals surface area contributed by atoms with Crippen LogP contribution in [0.2, 0.25) is 0 Å². The van der Waals surface area contributed by atoms with E-state index in [0.717, 1.165) is 12.1 Å². The molecule has 0 atom stereocenters. The van der Waals surface area contributed by atoms with E-state index in [9.17, 15) is 18.5 Å². The lowest BCUT2D eigenvalue weighted by Gasteiger charge is -2.01. The average molecular weight is 326 g/mol. The molecule has 0 aromatic heterocycles. The topological polar surface area (TPSA) is 101 Å². The Balaban J connectivity index is 3.78.